The summed E-state index contributed by atoms with van der Waals surface area (Å²) < 4.78 is 10.4. The van der Waals surface area contributed by atoms with E-state index in [1.54, 1.807) is 14.2 Å². The number of methoxy groups -OCH3 is 2. The molecule has 18 heavy (non-hydrogen) atoms. The Labute approximate surface area is 107 Å². The van der Waals surface area contributed by atoms with Gasteiger partial charge in [-0.15, -0.1) is 0 Å². The van der Waals surface area contributed by atoms with Crippen LogP contribution in [0.25, 0.3) is 11.1 Å². The fraction of sp³-hybridized carbons (Fsp3) is 0.200. The monoisotopic (exact) mass is 243 g/mol. The van der Waals surface area contributed by atoms with Gasteiger partial charge < -0.3 is 15.2 Å². The quantitative estimate of drug-likeness (QED) is 0.898. The summed E-state index contributed by atoms with van der Waals surface area (Å²) >= 11 is 0. The summed E-state index contributed by atoms with van der Waals surface area (Å²) in [4.78, 5) is 0. The molecule has 0 amide bonds. The minimum absolute atomic E-state index is 0.485. The molecule has 0 aromatic heterocycles. The highest BCUT2D eigenvalue weighted by Crippen LogP contribution is 2.28. The largest absolute Gasteiger partial charge is 0.497 e. The van der Waals surface area contributed by atoms with Crippen molar-refractivity contribution in [3.8, 4) is 22.6 Å². The van der Waals surface area contributed by atoms with Crippen molar-refractivity contribution in [3.05, 3.63) is 48.0 Å². The standard InChI is InChI=1S/C15H17NO2/c1-17-13-5-3-11(4-6-13)15-8-7-14(18-2)9-12(15)10-16/h3-9H,10,16H2,1-2H3. The van der Waals surface area contributed by atoms with Gasteiger partial charge >= 0.3 is 0 Å². The lowest BCUT2D eigenvalue weighted by Crippen LogP contribution is -1.99. The van der Waals surface area contributed by atoms with Crippen LogP contribution in [-0.2, 0) is 6.54 Å². The van der Waals surface area contributed by atoms with Crippen molar-refractivity contribution < 1.29 is 9.47 Å². The van der Waals surface area contributed by atoms with Gasteiger partial charge in [-0.1, -0.05) is 18.2 Å². The average Bonchev–Trinajstić information content (AvgIpc) is 2.46. The third kappa shape index (κ3) is 2.46. The van der Waals surface area contributed by atoms with Gasteiger partial charge in [0.2, 0.25) is 0 Å². The van der Waals surface area contributed by atoms with E-state index in [1.807, 2.05) is 42.5 Å². The number of nitrogens with two attached hydrogens (primary N) is 1. The van der Waals surface area contributed by atoms with Crippen molar-refractivity contribution in [2.24, 2.45) is 5.73 Å². The Morgan fingerprint density at radius 3 is 2.06 bits per heavy atom. The fourth-order valence-electron chi connectivity index (χ4n) is 1.92. The molecule has 0 aliphatic carbocycles. The predicted octanol–water partition coefficient (Wildman–Crippen LogP) is 2.83. The zero-order valence-corrected chi connectivity index (χ0v) is 10.6. The Kier molecular flexibility index (Phi) is 3.85. The summed E-state index contributed by atoms with van der Waals surface area (Å²) in [6.45, 7) is 0.485. The van der Waals surface area contributed by atoms with Gasteiger partial charge in [-0.3, -0.25) is 0 Å². The van der Waals surface area contributed by atoms with Gasteiger partial charge in [0.15, 0.2) is 0 Å². The lowest BCUT2D eigenvalue weighted by molar-refractivity contribution is 0.414. The third-order valence-corrected chi connectivity index (χ3v) is 2.93. The Morgan fingerprint density at radius 1 is 0.889 bits per heavy atom. The van der Waals surface area contributed by atoms with Crippen LogP contribution in [0.5, 0.6) is 11.5 Å². The highest BCUT2D eigenvalue weighted by atomic mass is 16.5. The molecule has 2 aromatic rings. The van der Waals surface area contributed by atoms with Crippen LogP contribution < -0.4 is 15.2 Å². The van der Waals surface area contributed by atoms with Gasteiger partial charge in [-0.25, -0.2) is 0 Å². The van der Waals surface area contributed by atoms with Crippen molar-refractivity contribution in [2.45, 2.75) is 6.54 Å². The molecule has 0 unspecified atom stereocenters. The van der Waals surface area contributed by atoms with Crippen molar-refractivity contribution in [3.63, 3.8) is 0 Å². The first kappa shape index (κ1) is 12.5. The van der Waals surface area contributed by atoms with Gasteiger partial charge in [0, 0.05) is 6.54 Å². The van der Waals surface area contributed by atoms with Crippen LogP contribution in [-0.4, -0.2) is 14.2 Å². The predicted molar refractivity (Wildman–Crippen MR) is 72.9 cm³/mol. The van der Waals surface area contributed by atoms with E-state index in [2.05, 4.69) is 0 Å². The molecular formula is C15H17NO2. The first-order valence-corrected chi connectivity index (χ1v) is 5.80. The van der Waals surface area contributed by atoms with Crippen molar-refractivity contribution >= 4 is 0 Å². The van der Waals surface area contributed by atoms with E-state index in [1.165, 1.54) is 0 Å². The van der Waals surface area contributed by atoms with Crippen LogP contribution in [0.15, 0.2) is 42.5 Å². The summed E-state index contributed by atoms with van der Waals surface area (Å²) in [5.41, 5.74) is 9.11. The van der Waals surface area contributed by atoms with Crippen LogP contribution in [0.2, 0.25) is 0 Å². The first-order chi connectivity index (χ1) is 8.78. The van der Waals surface area contributed by atoms with E-state index >= 15 is 0 Å². The molecule has 2 rings (SSSR count). The van der Waals surface area contributed by atoms with E-state index in [-0.39, 0.29) is 0 Å². The number of hydrogen-bond donors (Lipinski definition) is 1. The smallest absolute Gasteiger partial charge is 0.119 e. The Morgan fingerprint density at radius 2 is 1.50 bits per heavy atom. The summed E-state index contributed by atoms with van der Waals surface area (Å²) in [6, 6.07) is 13.9. The molecule has 0 atom stereocenters. The summed E-state index contributed by atoms with van der Waals surface area (Å²) in [5, 5.41) is 0. The van der Waals surface area contributed by atoms with Crippen molar-refractivity contribution in [1.82, 2.24) is 0 Å². The molecule has 0 aliphatic rings. The van der Waals surface area contributed by atoms with Crippen LogP contribution in [0.1, 0.15) is 5.56 Å². The molecule has 0 spiro atoms. The molecule has 0 heterocycles. The van der Waals surface area contributed by atoms with E-state index < -0.39 is 0 Å². The molecule has 3 heteroatoms. The van der Waals surface area contributed by atoms with E-state index in [4.69, 9.17) is 15.2 Å². The molecule has 0 radical (unpaired) electrons. The highest BCUT2D eigenvalue weighted by Gasteiger charge is 2.05. The third-order valence-electron chi connectivity index (χ3n) is 2.93. The Balaban J connectivity index is 2.42. The van der Waals surface area contributed by atoms with Crippen LogP contribution in [0, 0.1) is 0 Å². The number of benzene rings is 2. The van der Waals surface area contributed by atoms with Gasteiger partial charge in [0.1, 0.15) is 11.5 Å². The van der Waals surface area contributed by atoms with Crippen molar-refractivity contribution in [2.75, 3.05) is 14.2 Å². The van der Waals surface area contributed by atoms with Gasteiger partial charge in [-0.05, 0) is 41.0 Å². The second kappa shape index (κ2) is 5.56. The second-order valence-electron chi connectivity index (χ2n) is 3.96. The Hall–Kier alpha value is -2.00. The fourth-order valence-corrected chi connectivity index (χ4v) is 1.92. The molecular weight excluding hydrogens is 226 g/mol. The highest BCUT2D eigenvalue weighted by molar-refractivity contribution is 5.69. The van der Waals surface area contributed by atoms with Crippen molar-refractivity contribution in [1.29, 1.82) is 0 Å². The number of hydrogen-bond acceptors (Lipinski definition) is 3. The molecule has 0 saturated heterocycles. The second-order valence-corrected chi connectivity index (χ2v) is 3.96. The van der Waals surface area contributed by atoms with E-state index in [9.17, 15) is 0 Å². The van der Waals surface area contributed by atoms with Crippen LogP contribution in [0.4, 0.5) is 0 Å². The molecule has 0 bridgehead atoms. The average molecular weight is 243 g/mol. The molecule has 2 N–H and O–H groups in total. The maximum Gasteiger partial charge on any atom is 0.119 e. The lowest BCUT2D eigenvalue weighted by atomic mass is 9.99. The van der Waals surface area contributed by atoms with Gasteiger partial charge in [0.05, 0.1) is 14.2 Å². The van der Waals surface area contributed by atoms with Gasteiger partial charge in [0.25, 0.3) is 0 Å². The summed E-state index contributed by atoms with van der Waals surface area (Å²) in [5.74, 6) is 1.68. The molecule has 94 valence electrons. The lowest BCUT2D eigenvalue weighted by Gasteiger charge is -2.10. The summed E-state index contributed by atoms with van der Waals surface area (Å²) in [7, 11) is 3.32. The van der Waals surface area contributed by atoms with Crippen LogP contribution >= 0.6 is 0 Å². The molecule has 0 aliphatic heterocycles. The number of ether oxygens (including phenoxy) is 2. The van der Waals surface area contributed by atoms with Gasteiger partial charge in [-0.2, -0.15) is 0 Å². The first-order valence-electron chi connectivity index (χ1n) is 5.80. The normalized spacial score (nSPS) is 10.2. The number of rotatable bonds is 4. The van der Waals surface area contributed by atoms with E-state index in [0.717, 1.165) is 28.2 Å². The minimum Gasteiger partial charge on any atom is -0.497 e. The zero-order valence-electron chi connectivity index (χ0n) is 10.6. The molecule has 0 fully saturated rings. The minimum atomic E-state index is 0.485. The molecule has 0 saturated carbocycles. The maximum atomic E-state index is 5.79. The summed E-state index contributed by atoms with van der Waals surface area (Å²) in [6.07, 6.45) is 0. The topological polar surface area (TPSA) is 44.5 Å². The SMILES string of the molecule is COc1ccc(-c2ccc(OC)cc2CN)cc1. The Bertz CT molecular complexity index is 521. The maximum absolute atomic E-state index is 5.79. The molecule has 3 nitrogen and oxygen atoms in total. The zero-order chi connectivity index (χ0) is 13.0. The molecule has 2 aromatic carbocycles. The van der Waals surface area contributed by atoms with E-state index in [0.29, 0.717) is 6.54 Å². The van der Waals surface area contributed by atoms with Crippen LogP contribution in [0.3, 0.4) is 0 Å².